The highest BCUT2D eigenvalue weighted by atomic mass is 16.5. The predicted octanol–water partition coefficient (Wildman–Crippen LogP) is 5.28. The molecule has 154 valence electrons. The second kappa shape index (κ2) is 15.4. The maximum Gasteiger partial charge on any atom is 0.138 e. The fourth-order valence-electron chi connectivity index (χ4n) is 3.01. The number of carboxylic acid groups (broad SMARTS) is 1. The molecule has 0 bridgehead atoms. The Morgan fingerprint density at radius 1 is 0.815 bits per heavy atom. The number of carboxylic acids is 1. The highest BCUT2D eigenvalue weighted by Gasteiger charge is 2.12. The molecule has 0 saturated heterocycles. The summed E-state index contributed by atoms with van der Waals surface area (Å²) in [7, 11) is 0. The number of carbonyl (C=O) groups excluding carboxylic acids is 1. The van der Waals surface area contributed by atoms with Gasteiger partial charge in [0.2, 0.25) is 0 Å². The van der Waals surface area contributed by atoms with Crippen molar-refractivity contribution in [3.05, 3.63) is 24.3 Å². The number of ether oxygens (including phenoxy) is 2. The van der Waals surface area contributed by atoms with Gasteiger partial charge in [0.25, 0.3) is 0 Å². The molecule has 1 unspecified atom stereocenters. The number of aliphatic carboxylic acids is 1. The van der Waals surface area contributed by atoms with E-state index in [-0.39, 0.29) is 0 Å². The Hall–Kier alpha value is -1.71. The maximum absolute atomic E-state index is 11.3. The topological polar surface area (TPSA) is 58.6 Å². The fourth-order valence-corrected chi connectivity index (χ4v) is 3.01. The van der Waals surface area contributed by atoms with Gasteiger partial charge in [-0.15, -0.1) is 0 Å². The molecule has 0 fully saturated rings. The molecule has 4 nitrogen and oxygen atoms in total. The third-order valence-corrected chi connectivity index (χ3v) is 4.70. The summed E-state index contributed by atoms with van der Waals surface area (Å²) in [6.45, 7) is 5.10. The van der Waals surface area contributed by atoms with Gasteiger partial charge in [0.05, 0.1) is 12.6 Å². The van der Waals surface area contributed by atoms with Gasteiger partial charge in [-0.05, 0) is 43.5 Å². The molecule has 27 heavy (non-hydrogen) atoms. The Kier molecular flexibility index (Phi) is 13.3. The molecule has 0 amide bonds. The van der Waals surface area contributed by atoms with Gasteiger partial charge in [0.15, 0.2) is 0 Å². The Morgan fingerprint density at radius 3 is 1.93 bits per heavy atom. The van der Waals surface area contributed by atoms with Crippen LogP contribution in [0.25, 0.3) is 0 Å². The quantitative estimate of drug-likeness (QED) is 0.346. The molecule has 0 spiro atoms. The molecule has 1 atom stereocenters. The van der Waals surface area contributed by atoms with Gasteiger partial charge in [-0.3, -0.25) is 0 Å². The van der Waals surface area contributed by atoms with E-state index < -0.39 is 12.1 Å². The number of hydrogen-bond acceptors (Lipinski definition) is 4. The third-order valence-electron chi connectivity index (χ3n) is 4.70. The van der Waals surface area contributed by atoms with Crippen LogP contribution in [0.5, 0.6) is 11.5 Å². The zero-order chi connectivity index (χ0) is 19.7. The number of benzene rings is 1. The smallest absolute Gasteiger partial charge is 0.138 e. The van der Waals surface area contributed by atoms with Crippen molar-refractivity contribution in [1.82, 2.24) is 0 Å². The van der Waals surface area contributed by atoms with Gasteiger partial charge < -0.3 is 19.4 Å². The second-order valence-electron chi connectivity index (χ2n) is 7.22. The van der Waals surface area contributed by atoms with Crippen molar-refractivity contribution in [3.8, 4) is 11.5 Å². The van der Waals surface area contributed by atoms with Crippen molar-refractivity contribution in [2.75, 3.05) is 6.61 Å². The third kappa shape index (κ3) is 11.6. The summed E-state index contributed by atoms with van der Waals surface area (Å²) in [5, 5.41) is 11.3. The maximum atomic E-state index is 11.3. The number of carbonyl (C=O) groups is 1. The van der Waals surface area contributed by atoms with Gasteiger partial charge in [0, 0.05) is 0 Å². The molecular formula is C23H37O4-. The van der Waals surface area contributed by atoms with E-state index in [0.717, 1.165) is 31.4 Å². The van der Waals surface area contributed by atoms with Crippen molar-refractivity contribution in [2.45, 2.75) is 97.0 Å². The van der Waals surface area contributed by atoms with Crippen molar-refractivity contribution in [3.63, 3.8) is 0 Å². The number of rotatable bonds is 17. The molecule has 1 rings (SSSR count). The molecule has 0 aliphatic heterocycles. The van der Waals surface area contributed by atoms with Gasteiger partial charge >= 0.3 is 0 Å². The van der Waals surface area contributed by atoms with Crippen LogP contribution in [0.4, 0.5) is 0 Å². The molecule has 0 saturated carbocycles. The van der Waals surface area contributed by atoms with Gasteiger partial charge in [-0.2, -0.15) is 0 Å². The minimum atomic E-state index is -1.14. The van der Waals surface area contributed by atoms with Crippen LogP contribution in [0.1, 0.15) is 90.9 Å². The van der Waals surface area contributed by atoms with Gasteiger partial charge in [0.1, 0.15) is 17.6 Å². The largest absolute Gasteiger partial charge is 0.546 e. The van der Waals surface area contributed by atoms with Crippen LogP contribution in [0.15, 0.2) is 24.3 Å². The summed E-state index contributed by atoms with van der Waals surface area (Å²) >= 11 is 0. The average Bonchev–Trinajstić information content (AvgIpc) is 2.67. The van der Waals surface area contributed by atoms with E-state index in [1.54, 1.807) is 12.1 Å². The number of unbranched alkanes of at least 4 members (excludes halogenated alkanes) is 9. The minimum Gasteiger partial charge on any atom is -0.546 e. The molecule has 0 heterocycles. The Morgan fingerprint density at radius 2 is 1.33 bits per heavy atom. The van der Waals surface area contributed by atoms with Crippen LogP contribution in [-0.2, 0) is 4.79 Å². The van der Waals surface area contributed by atoms with E-state index in [4.69, 9.17) is 9.47 Å². The van der Waals surface area contributed by atoms with E-state index in [1.807, 2.05) is 12.1 Å². The second-order valence-corrected chi connectivity index (χ2v) is 7.22. The lowest BCUT2D eigenvalue weighted by atomic mass is 10.1. The Balaban J connectivity index is 2.30. The van der Waals surface area contributed by atoms with Crippen molar-refractivity contribution in [1.29, 1.82) is 0 Å². The predicted molar refractivity (Wildman–Crippen MR) is 108 cm³/mol. The first-order chi connectivity index (χ1) is 13.2. The molecule has 4 heteroatoms. The van der Waals surface area contributed by atoms with Crippen LogP contribution in [-0.4, -0.2) is 18.7 Å². The van der Waals surface area contributed by atoms with E-state index >= 15 is 0 Å². The van der Waals surface area contributed by atoms with Crippen LogP contribution >= 0.6 is 0 Å². The molecular weight excluding hydrogens is 340 g/mol. The first kappa shape index (κ1) is 23.3. The lowest BCUT2D eigenvalue weighted by Crippen LogP contribution is -2.39. The standard InChI is InChI=1S/C23H38O4/c1-3-5-7-9-10-12-14-22(23(24)25)27-21-17-15-20(16-18-21)26-19-13-11-8-6-4-2/h15-18,22H,3-14,19H2,1-2H3,(H,24,25)/p-1. The molecule has 0 aliphatic carbocycles. The molecule has 1 aromatic rings. The van der Waals surface area contributed by atoms with E-state index in [1.165, 1.54) is 44.9 Å². The van der Waals surface area contributed by atoms with Crippen molar-refractivity contribution in [2.24, 2.45) is 0 Å². The molecule has 0 aliphatic rings. The lowest BCUT2D eigenvalue weighted by molar-refractivity contribution is -0.313. The minimum absolute atomic E-state index is 0.491. The molecule has 0 aromatic heterocycles. The summed E-state index contributed by atoms with van der Waals surface area (Å²) in [5.41, 5.74) is 0. The monoisotopic (exact) mass is 377 g/mol. The van der Waals surface area contributed by atoms with Crippen molar-refractivity contribution < 1.29 is 19.4 Å². The summed E-state index contributed by atoms with van der Waals surface area (Å²) in [5.74, 6) is 0.195. The zero-order valence-electron chi connectivity index (χ0n) is 17.2. The fraction of sp³-hybridized carbons (Fsp3) is 0.696. The SMILES string of the molecule is CCCCCCCCC(Oc1ccc(OCCCCCCC)cc1)C(=O)[O-]. The van der Waals surface area contributed by atoms with E-state index in [2.05, 4.69) is 13.8 Å². The van der Waals surface area contributed by atoms with Crippen LogP contribution in [0.2, 0.25) is 0 Å². The van der Waals surface area contributed by atoms with E-state index in [9.17, 15) is 9.90 Å². The number of hydrogen-bond donors (Lipinski definition) is 0. The normalized spacial score (nSPS) is 11.9. The van der Waals surface area contributed by atoms with Gasteiger partial charge in [-0.1, -0.05) is 71.6 Å². The molecule has 0 radical (unpaired) electrons. The first-order valence-corrected chi connectivity index (χ1v) is 10.8. The van der Waals surface area contributed by atoms with Crippen molar-refractivity contribution >= 4 is 5.97 Å². The molecule has 1 aromatic carbocycles. The summed E-state index contributed by atoms with van der Waals surface area (Å²) < 4.78 is 11.3. The highest BCUT2D eigenvalue weighted by Crippen LogP contribution is 2.20. The van der Waals surface area contributed by atoms with E-state index in [0.29, 0.717) is 18.8 Å². The summed E-state index contributed by atoms with van der Waals surface area (Å²) in [4.78, 5) is 11.3. The highest BCUT2D eigenvalue weighted by molar-refractivity contribution is 5.70. The zero-order valence-corrected chi connectivity index (χ0v) is 17.2. The molecule has 0 N–H and O–H groups in total. The Labute approximate surface area is 165 Å². The van der Waals surface area contributed by atoms with Crippen LogP contribution in [0.3, 0.4) is 0 Å². The van der Waals surface area contributed by atoms with Crippen LogP contribution < -0.4 is 14.6 Å². The Bertz CT molecular complexity index is 484. The van der Waals surface area contributed by atoms with Crippen LogP contribution in [0, 0.1) is 0 Å². The summed E-state index contributed by atoms with van der Waals surface area (Å²) in [6, 6.07) is 7.20. The lowest BCUT2D eigenvalue weighted by Gasteiger charge is -2.20. The van der Waals surface area contributed by atoms with Gasteiger partial charge in [-0.25, -0.2) is 0 Å². The average molecular weight is 378 g/mol. The summed E-state index contributed by atoms with van der Waals surface area (Å²) in [6.07, 6.45) is 12.4. The first-order valence-electron chi connectivity index (χ1n) is 10.8.